The largest absolute Gasteiger partial charge is 0.490 e. The third kappa shape index (κ3) is 3.90. The van der Waals surface area contributed by atoms with Crippen molar-refractivity contribution in [3.05, 3.63) is 41.5 Å². The maximum Gasteiger partial charge on any atom is 0.265 e. The minimum atomic E-state index is -4.08. The topological polar surface area (TPSA) is 127 Å². The molecule has 9 heteroatoms. The second-order valence-electron chi connectivity index (χ2n) is 10.2. The van der Waals surface area contributed by atoms with E-state index >= 15 is 0 Å². The van der Waals surface area contributed by atoms with Gasteiger partial charge in [-0.05, 0) is 56.2 Å². The number of ketones is 1. The first kappa shape index (κ1) is 24.3. The predicted octanol–water partition coefficient (Wildman–Crippen LogP) is 3.78. The second kappa shape index (κ2) is 8.16. The third-order valence-corrected chi connectivity index (χ3v) is 8.51. The molecule has 2 aromatic carbocycles. The molecule has 2 atom stereocenters. The van der Waals surface area contributed by atoms with Gasteiger partial charge in [-0.2, -0.15) is 8.42 Å². The van der Waals surface area contributed by atoms with Crippen LogP contribution in [-0.2, 0) is 14.9 Å². The molecule has 2 aromatic rings. The molecule has 0 spiro atoms. The van der Waals surface area contributed by atoms with Gasteiger partial charge in [0.2, 0.25) is 0 Å². The molecule has 2 saturated carbocycles. The molecule has 0 saturated heterocycles. The van der Waals surface area contributed by atoms with Crippen LogP contribution in [0.2, 0.25) is 0 Å². The van der Waals surface area contributed by atoms with Gasteiger partial charge in [0.05, 0.1) is 17.3 Å². The third-order valence-electron chi connectivity index (χ3n) is 7.65. The number of nitrogens with one attached hydrogen (secondary N) is 1. The van der Waals surface area contributed by atoms with Gasteiger partial charge in [-0.1, -0.05) is 26.0 Å². The molecule has 5 rings (SSSR count). The van der Waals surface area contributed by atoms with Gasteiger partial charge in [0.25, 0.3) is 21.9 Å². The summed E-state index contributed by atoms with van der Waals surface area (Å²) >= 11 is 0. The molecule has 8 nitrogen and oxygen atoms in total. The van der Waals surface area contributed by atoms with Gasteiger partial charge < -0.3 is 4.74 Å². The lowest BCUT2D eigenvalue weighted by atomic mass is 9.70. The van der Waals surface area contributed by atoms with Crippen molar-refractivity contribution in [1.29, 1.82) is 0 Å². The van der Waals surface area contributed by atoms with Gasteiger partial charge in [-0.15, -0.1) is 0 Å². The van der Waals surface area contributed by atoms with Gasteiger partial charge in [0.15, 0.2) is 0 Å². The normalized spacial score (nSPS) is 24.8. The van der Waals surface area contributed by atoms with E-state index in [1.54, 1.807) is 24.3 Å². The quantitative estimate of drug-likeness (QED) is 0.496. The smallest absolute Gasteiger partial charge is 0.265 e. The fraction of sp³-hybridized carbons (Fsp3) is 0.480. The maximum atomic E-state index is 11.9. The Morgan fingerprint density at radius 1 is 1.09 bits per heavy atom. The van der Waals surface area contributed by atoms with Crippen LogP contribution >= 0.6 is 0 Å². The SMILES string of the molecule is CC(C)Oc1ccc2c3c(cccc13)C(=O)NC2=O.CC1(C)C2CCC1(CS(=O)(=O)O)C(=O)C2. The number of carbonyl (C=O) groups excluding carboxylic acids is 3. The van der Waals surface area contributed by atoms with Crippen molar-refractivity contribution in [3.63, 3.8) is 0 Å². The molecule has 2 amide bonds. The van der Waals surface area contributed by atoms with E-state index in [0.717, 1.165) is 11.8 Å². The van der Waals surface area contributed by atoms with Crippen molar-refractivity contribution in [2.45, 2.75) is 53.1 Å². The van der Waals surface area contributed by atoms with Crippen molar-refractivity contribution in [2.75, 3.05) is 5.75 Å². The molecule has 1 aliphatic heterocycles. The Bertz CT molecular complexity index is 1290. The van der Waals surface area contributed by atoms with Gasteiger partial charge >= 0.3 is 0 Å². The molecule has 2 unspecified atom stereocenters. The number of benzene rings is 2. The van der Waals surface area contributed by atoms with Gasteiger partial charge in [0, 0.05) is 28.3 Å². The van der Waals surface area contributed by atoms with E-state index in [0.29, 0.717) is 35.1 Å². The Labute approximate surface area is 198 Å². The van der Waals surface area contributed by atoms with E-state index in [9.17, 15) is 22.8 Å². The highest BCUT2D eigenvalue weighted by Gasteiger charge is 2.65. The average molecular weight is 488 g/mol. The first-order chi connectivity index (χ1) is 15.8. The van der Waals surface area contributed by atoms with Crippen LogP contribution in [0.4, 0.5) is 0 Å². The molecule has 2 fully saturated rings. The number of hydrogen-bond acceptors (Lipinski definition) is 6. The second-order valence-corrected chi connectivity index (χ2v) is 11.6. The summed E-state index contributed by atoms with van der Waals surface area (Å²) in [5.74, 6) is -0.122. The molecule has 0 radical (unpaired) electrons. The zero-order chi connectivity index (χ0) is 25.1. The summed E-state index contributed by atoms with van der Waals surface area (Å²) in [6, 6.07) is 8.85. The summed E-state index contributed by atoms with van der Waals surface area (Å²) in [5.41, 5.74) is -0.0897. The minimum absolute atomic E-state index is 0.0152. The first-order valence-electron chi connectivity index (χ1n) is 11.3. The van der Waals surface area contributed by atoms with Crippen molar-refractivity contribution >= 4 is 38.5 Å². The number of carbonyl (C=O) groups is 3. The van der Waals surface area contributed by atoms with Gasteiger partial charge in [-0.3, -0.25) is 24.3 Å². The molecule has 34 heavy (non-hydrogen) atoms. The van der Waals surface area contributed by atoms with Crippen molar-refractivity contribution in [2.24, 2.45) is 16.7 Å². The molecule has 0 aromatic heterocycles. The Kier molecular flexibility index (Phi) is 5.85. The number of ether oxygens (including phenoxy) is 1. The lowest BCUT2D eigenvalue weighted by Gasteiger charge is -2.35. The van der Waals surface area contributed by atoms with Crippen LogP contribution in [0.25, 0.3) is 10.8 Å². The van der Waals surface area contributed by atoms with Crippen LogP contribution in [0, 0.1) is 16.7 Å². The highest BCUT2D eigenvalue weighted by atomic mass is 32.2. The molecule has 2 N–H and O–H groups in total. The lowest BCUT2D eigenvalue weighted by Crippen LogP contribution is -2.42. The highest BCUT2D eigenvalue weighted by molar-refractivity contribution is 7.85. The van der Waals surface area contributed by atoms with E-state index < -0.39 is 21.3 Å². The van der Waals surface area contributed by atoms with Crippen molar-refractivity contribution in [3.8, 4) is 5.75 Å². The van der Waals surface area contributed by atoms with Crippen molar-refractivity contribution < 1.29 is 32.1 Å². The number of rotatable bonds is 4. The summed E-state index contributed by atoms with van der Waals surface area (Å²) in [5, 5.41) is 3.81. The number of fused-ring (bicyclic) bond motifs is 2. The Hall–Kier alpha value is -2.78. The molecule has 1 heterocycles. The van der Waals surface area contributed by atoms with E-state index in [4.69, 9.17) is 9.29 Å². The zero-order valence-corrected chi connectivity index (χ0v) is 20.5. The van der Waals surface area contributed by atoms with E-state index in [1.165, 1.54) is 0 Å². The average Bonchev–Trinajstić information content (AvgIpc) is 3.06. The Morgan fingerprint density at radius 2 is 1.74 bits per heavy atom. The molecular weight excluding hydrogens is 458 g/mol. The number of imide groups is 1. The van der Waals surface area contributed by atoms with Crippen LogP contribution in [0.3, 0.4) is 0 Å². The van der Waals surface area contributed by atoms with E-state index in [2.05, 4.69) is 5.32 Å². The van der Waals surface area contributed by atoms with Crippen LogP contribution in [0.1, 0.15) is 67.7 Å². The maximum absolute atomic E-state index is 11.9. The van der Waals surface area contributed by atoms with Crippen LogP contribution in [0.5, 0.6) is 5.75 Å². The fourth-order valence-corrected chi connectivity index (χ4v) is 7.07. The van der Waals surface area contributed by atoms with E-state index in [1.807, 2.05) is 33.8 Å². The van der Waals surface area contributed by atoms with Crippen LogP contribution in [0.15, 0.2) is 30.3 Å². The monoisotopic (exact) mass is 487 g/mol. The number of hydrogen-bond donors (Lipinski definition) is 2. The summed E-state index contributed by atoms with van der Waals surface area (Å²) in [7, 11) is -4.08. The van der Waals surface area contributed by atoms with Crippen LogP contribution in [-0.4, -0.2) is 42.4 Å². The van der Waals surface area contributed by atoms with Gasteiger partial charge in [-0.25, -0.2) is 0 Å². The lowest BCUT2D eigenvalue weighted by molar-refractivity contribution is -0.128. The summed E-state index contributed by atoms with van der Waals surface area (Å²) in [4.78, 5) is 35.6. The molecular formula is C25H29NO7S. The standard InChI is InChI=1S/C15H13NO3.C10H16O4S/c1-8(2)19-12-7-6-11-13-9(12)4-3-5-10(13)14(17)16-15(11)18;1-9(2)7-3-4-10(9,8(11)5-7)6-15(12,13)14/h3-8H,1-2H3,(H,16,17,18);7H,3-6H2,1-2H3,(H,12,13,14). The highest BCUT2D eigenvalue weighted by Crippen LogP contribution is 2.64. The van der Waals surface area contributed by atoms with Gasteiger partial charge in [0.1, 0.15) is 11.5 Å². The molecule has 3 aliphatic rings. The molecule has 2 bridgehead atoms. The fourth-order valence-electron chi connectivity index (χ4n) is 5.77. The number of amides is 2. The van der Waals surface area contributed by atoms with Crippen molar-refractivity contribution in [1.82, 2.24) is 5.32 Å². The predicted molar refractivity (Wildman–Crippen MR) is 126 cm³/mol. The minimum Gasteiger partial charge on any atom is -0.490 e. The number of Topliss-reactive ketones (excluding diaryl/α,β-unsaturated/α-hetero) is 1. The molecule has 182 valence electrons. The summed E-state index contributed by atoms with van der Waals surface area (Å²) < 4.78 is 36.7. The van der Waals surface area contributed by atoms with Crippen LogP contribution < -0.4 is 10.1 Å². The summed E-state index contributed by atoms with van der Waals surface area (Å²) in [6.07, 6.45) is 2.00. The Balaban J connectivity index is 0.000000166. The molecule has 2 aliphatic carbocycles. The first-order valence-corrected chi connectivity index (χ1v) is 12.9. The van der Waals surface area contributed by atoms with E-state index in [-0.39, 0.29) is 35.0 Å². The Morgan fingerprint density at radius 3 is 2.26 bits per heavy atom. The summed E-state index contributed by atoms with van der Waals surface area (Å²) in [6.45, 7) is 7.77. The zero-order valence-electron chi connectivity index (χ0n) is 19.7.